The molecule has 5 nitrogen and oxygen atoms in total. The maximum absolute atomic E-state index is 12.4. The van der Waals surface area contributed by atoms with E-state index < -0.39 is 5.60 Å². The summed E-state index contributed by atoms with van der Waals surface area (Å²) in [5, 5.41) is 22.8. The predicted octanol–water partition coefficient (Wildman–Crippen LogP) is 5.96. The Hall–Kier alpha value is -3.32. The molecular formula is C30H29BrN4O. The van der Waals surface area contributed by atoms with Crippen molar-refractivity contribution < 1.29 is 5.11 Å². The van der Waals surface area contributed by atoms with E-state index in [9.17, 15) is 5.11 Å². The highest BCUT2D eigenvalue weighted by Gasteiger charge is 2.33. The van der Waals surface area contributed by atoms with Crippen molar-refractivity contribution in [3.05, 3.63) is 124 Å². The van der Waals surface area contributed by atoms with Gasteiger partial charge in [0.15, 0.2) is 0 Å². The van der Waals surface area contributed by atoms with Crippen LogP contribution in [0.2, 0.25) is 0 Å². The molecule has 0 amide bonds. The van der Waals surface area contributed by atoms with Crippen LogP contribution in [-0.2, 0) is 12.0 Å². The number of hydrogen-bond acceptors (Lipinski definition) is 4. The van der Waals surface area contributed by atoms with E-state index in [2.05, 4.69) is 73.6 Å². The first kappa shape index (κ1) is 24.4. The van der Waals surface area contributed by atoms with Crippen molar-refractivity contribution in [2.75, 3.05) is 20.6 Å². The van der Waals surface area contributed by atoms with Crippen LogP contribution in [0.5, 0.6) is 0 Å². The lowest BCUT2D eigenvalue weighted by Crippen LogP contribution is -2.32. The van der Waals surface area contributed by atoms with Crippen LogP contribution in [0.25, 0.3) is 16.5 Å². The normalized spacial score (nSPS) is 13.2. The van der Waals surface area contributed by atoms with Crippen molar-refractivity contribution in [2.45, 2.75) is 18.4 Å². The first-order valence-corrected chi connectivity index (χ1v) is 12.8. The first-order chi connectivity index (χ1) is 17.4. The molecule has 0 spiro atoms. The van der Waals surface area contributed by atoms with Crippen LogP contribution in [0.1, 0.15) is 28.7 Å². The highest BCUT2D eigenvalue weighted by molar-refractivity contribution is 9.10. The quantitative estimate of drug-likeness (QED) is 0.263. The SMILES string of the molecule is CN(C)CCC(O)(c1ccccc1)c1cc(Br)cc2cc(Cc3ccccc3)c(-n3ccnn3)cc12. The minimum atomic E-state index is -1.17. The maximum atomic E-state index is 12.4. The molecule has 5 aromatic rings. The number of rotatable bonds is 8. The molecule has 1 N–H and O–H groups in total. The molecule has 0 aliphatic carbocycles. The molecule has 1 unspecified atom stereocenters. The standard InChI is InChI=1S/C30H29BrN4O/c1-34(2)15-13-30(36,25-11-7-4-8-12-25)28-20-26(31)19-23-18-24(17-22-9-5-3-6-10-22)29(21-27(23)28)35-16-14-32-33-35/h3-12,14,16,18-21,36H,13,15,17H2,1-2H3. The molecule has 182 valence electrons. The fourth-order valence-electron chi connectivity index (χ4n) is 4.79. The Morgan fingerprint density at radius 1 is 0.944 bits per heavy atom. The number of halogens is 1. The second kappa shape index (κ2) is 10.3. The minimum absolute atomic E-state index is 0.556. The van der Waals surface area contributed by atoms with Crippen LogP contribution in [0.3, 0.4) is 0 Å². The van der Waals surface area contributed by atoms with E-state index in [1.807, 2.05) is 67.4 Å². The molecule has 1 heterocycles. The van der Waals surface area contributed by atoms with Gasteiger partial charge in [0.05, 0.1) is 18.1 Å². The highest BCUT2D eigenvalue weighted by Crippen LogP contribution is 2.40. The highest BCUT2D eigenvalue weighted by atomic mass is 79.9. The molecule has 0 saturated carbocycles. The minimum Gasteiger partial charge on any atom is -0.380 e. The Balaban J connectivity index is 1.75. The largest absolute Gasteiger partial charge is 0.380 e. The van der Waals surface area contributed by atoms with Crippen LogP contribution in [0.4, 0.5) is 0 Å². The van der Waals surface area contributed by atoms with Gasteiger partial charge in [-0.2, -0.15) is 0 Å². The summed E-state index contributed by atoms with van der Waals surface area (Å²) >= 11 is 3.73. The summed E-state index contributed by atoms with van der Waals surface area (Å²) in [5.41, 5.74) is 3.89. The van der Waals surface area contributed by atoms with E-state index in [0.717, 1.165) is 50.6 Å². The van der Waals surface area contributed by atoms with Crippen molar-refractivity contribution in [2.24, 2.45) is 0 Å². The molecular weight excluding hydrogens is 512 g/mol. The van der Waals surface area contributed by atoms with Crippen molar-refractivity contribution in [1.29, 1.82) is 0 Å². The van der Waals surface area contributed by atoms with Crippen LogP contribution >= 0.6 is 15.9 Å². The van der Waals surface area contributed by atoms with Crippen LogP contribution in [-0.4, -0.2) is 45.6 Å². The summed E-state index contributed by atoms with van der Waals surface area (Å²) in [5.74, 6) is 0. The van der Waals surface area contributed by atoms with E-state index in [1.54, 1.807) is 6.20 Å². The summed E-state index contributed by atoms with van der Waals surface area (Å²) in [4.78, 5) is 2.10. The number of aliphatic hydroxyl groups is 1. The third-order valence-corrected chi connectivity index (χ3v) is 7.10. The maximum Gasteiger partial charge on any atom is 0.116 e. The second-order valence-corrected chi connectivity index (χ2v) is 10.4. The Morgan fingerprint density at radius 3 is 2.33 bits per heavy atom. The van der Waals surface area contributed by atoms with Gasteiger partial charge in [-0.05, 0) is 84.2 Å². The number of nitrogens with zero attached hydrogens (tertiary/aromatic N) is 4. The third kappa shape index (κ3) is 4.98. The fraction of sp³-hybridized carbons (Fsp3) is 0.200. The lowest BCUT2D eigenvalue weighted by Gasteiger charge is -2.32. The Labute approximate surface area is 220 Å². The average molecular weight is 541 g/mol. The van der Waals surface area contributed by atoms with E-state index >= 15 is 0 Å². The van der Waals surface area contributed by atoms with Crippen molar-refractivity contribution in [3.63, 3.8) is 0 Å². The van der Waals surface area contributed by atoms with Crippen molar-refractivity contribution >= 4 is 26.7 Å². The van der Waals surface area contributed by atoms with Gasteiger partial charge < -0.3 is 10.0 Å². The first-order valence-electron chi connectivity index (χ1n) is 12.0. The van der Waals surface area contributed by atoms with E-state index in [1.165, 1.54) is 5.56 Å². The number of fused-ring (bicyclic) bond motifs is 1. The summed E-state index contributed by atoms with van der Waals surface area (Å²) in [6.45, 7) is 0.738. The third-order valence-electron chi connectivity index (χ3n) is 6.64. The van der Waals surface area contributed by atoms with Crippen LogP contribution in [0.15, 0.2) is 102 Å². The number of aromatic nitrogens is 3. The molecule has 0 bridgehead atoms. The molecule has 0 aliphatic heterocycles. The molecule has 0 saturated heterocycles. The van der Waals surface area contributed by atoms with Gasteiger partial charge in [0.2, 0.25) is 0 Å². The molecule has 4 aromatic carbocycles. The van der Waals surface area contributed by atoms with Crippen LogP contribution in [0, 0.1) is 0 Å². The Morgan fingerprint density at radius 2 is 1.67 bits per heavy atom. The zero-order chi connectivity index (χ0) is 25.1. The summed E-state index contributed by atoms with van der Waals surface area (Å²) in [7, 11) is 4.06. The van der Waals surface area contributed by atoms with Gasteiger partial charge in [-0.25, -0.2) is 4.68 Å². The molecule has 5 rings (SSSR count). The van der Waals surface area contributed by atoms with Gasteiger partial charge in [-0.1, -0.05) is 81.8 Å². The van der Waals surface area contributed by atoms with Crippen molar-refractivity contribution in [1.82, 2.24) is 19.9 Å². The van der Waals surface area contributed by atoms with E-state index in [0.29, 0.717) is 6.42 Å². The second-order valence-electron chi connectivity index (χ2n) is 9.44. The Kier molecular flexibility index (Phi) is 7.01. The average Bonchev–Trinajstić information content (AvgIpc) is 3.42. The smallest absolute Gasteiger partial charge is 0.116 e. The molecule has 0 aliphatic rings. The molecule has 0 radical (unpaired) electrons. The van der Waals surface area contributed by atoms with Gasteiger partial charge in [0.1, 0.15) is 5.60 Å². The zero-order valence-electron chi connectivity index (χ0n) is 20.5. The number of benzene rings is 4. The molecule has 0 fully saturated rings. The van der Waals surface area contributed by atoms with Gasteiger partial charge in [-0.3, -0.25) is 0 Å². The monoisotopic (exact) mass is 540 g/mol. The molecule has 6 heteroatoms. The lowest BCUT2D eigenvalue weighted by molar-refractivity contribution is 0.0643. The van der Waals surface area contributed by atoms with E-state index in [4.69, 9.17) is 0 Å². The van der Waals surface area contributed by atoms with Crippen LogP contribution < -0.4 is 0 Å². The lowest BCUT2D eigenvalue weighted by atomic mass is 9.80. The Bertz CT molecular complexity index is 1450. The van der Waals surface area contributed by atoms with E-state index in [-0.39, 0.29) is 0 Å². The fourth-order valence-corrected chi connectivity index (χ4v) is 5.27. The molecule has 1 aromatic heterocycles. The van der Waals surface area contributed by atoms with Gasteiger partial charge in [0, 0.05) is 11.0 Å². The summed E-state index contributed by atoms with van der Waals surface area (Å²) in [6, 6.07) is 28.9. The summed E-state index contributed by atoms with van der Waals surface area (Å²) in [6.07, 6.45) is 4.87. The molecule has 36 heavy (non-hydrogen) atoms. The van der Waals surface area contributed by atoms with Gasteiger partial charge in [-0.15, -0.1) is 5.10 Å². The summed E-state index contributed by atoms with van der Waals surface area (Å²) < 4.78 is 2.74. The topological polar surface area (TPSA) is 54.2 Å². The van der Waals surface area contributed by atoms with Crippen molar-refractivity contribution in [3.8, 4) is 5.69 Å². The van der Waals surface area contributed by atoms with Gasteiger partial charge >= 0.3 is 0 Å². The number of hydrogen-bond donors (Lipinski definition) is 1. The predicted molar refractivity (Wildman–Crippen MR) is 148 cm³/mol. The zero-order valence-corrected chi connectivity index (χ0v) is 22.1. The molecule has 1 atom stereocenters. The van der Waals surface area contributed by atoms with Gasteiger partial charge in [0.25, 0.3) is 0 Å².